The zero-order valence-corrected chi connectivity index (χ0v) is 24.6. The summed E-state index contributed by atoms with van der Waals surface area (Å²) in [4.78, 5) is 28.4. The van der Waals surface area contributed by atoms with Crippen LogP contribution in [0.15, 0.2) is 54.6 Å². The van der Waals surface area contributed by atoms with Gasteiger partial charge in [0, 0.05) is 31.6 Å². The van der Waals surface area contributed by atoms with Crippen molar-refractivity contribution in [2.24, 2.45) is 5.92 Å². The quantitative estimate of drug-likeness (QED) is 0.272. The maximum Gasteiger partial charge on any atom is 0.296 e. The lowest BCUT2D eigenvalue weighted by molar-refractivity contribution is -0.126. The van der Waals surface area contributed by atoms with Crippen LogP contribution in [0.4, 0.5) is 14.7 Å². The van der Waals surface area contributed by atoms with E-state index in [1.165, 1.54) is 4.57 Å². The van der Waals surface area contributed by atoms with Crippen molar-refractivity contribution in [3.05, 3.63) is 66.0 Å². The second-order valence-corrected chi connectivity index (χ2v) is 11.0. The molecule has 1 aliphatic carbocycles. The molecule has 1 aliphatic heterocycles. The number of hydrogen-bond donors (Lipinski definition) is 1. The van der Waals surface area contributed by atoms with Crippen LogP contribution in [0.2, 0.25) is 0 Å². The van der Waals surface area contributed by atoms with Crippen LogP contribution in [0.25, 0.3) is 16.9 Å². The maximum absolute atomic E-state index is 14.2. The Balaban J connectivity index is 1.14. The second kappa shape index (κ2) is 13.5. The molecule has 2 aromatic heterocycles. The monoisotopic (exact) mass is 606 g/mol. The summed E-state index contributed by atoms with van der Waals surface area (Å²) in [7, 11) is 1.64. The van der Waals surface area contributed by atoms with E-state index in [9.17, 15) is 13.6 Å². The summed E-state index contributed by atoms with van der Waals surface area (Å²) in [6, 6.07) is 16.4. The van der Waals surface area contributed by atoms with E-state index in [1.54, 1.807) is 37.4 Å². The summed E-state index contributed by atoms with van der Waals surface area (Å²) < 4.78 is 46.7. The summed E-state index contributed by atoms with van der Waals surface area (Å²) in [6.45, 7) is 2.76. The number of benzene rings is 2. The molecule has 6 rings (SSSR count). The van der Waals surface area contributed by atoms with Gasteiger partial charge < -0.3 is 24.4 Å². The predicted octanol–water partition coefficient (Wildman–Crippen LogP) is 4.89. The highest BCUT2D eigenvalue weighted by Crippen LogP contribution is 2.32. The van der Waals surface area contributed by atoms with Gasteiger partial charge in [0.15, 0.2) is 5.82 Å². The van der Waals surface area contributed by atoms with E-state index >= 15 is 0 Å². The molecule has 1 N–H and O–H groups in total. The molecule has 10 nitrogen and oxygen atoms in total. The van der Waals surface area contributed by atoms with Crippen molar-refractivity contribution in [3.63, 3.8) is 0 Å². The SMILES string of the molecule is COc1ccc(CCNC(=O)[C@H]2CC[C@H](Oc3cc(-n4c(C(F)F)nc5ccccc54)nc(N4CCOCC4)n3)CC2)cc1. The van der Waals surface area contributed by atoms with Crippen LogP contribution in [-0.4, -0.2) is 71.5 Å². The first kappa shape index (κ1) is 29.7. The highest BCUT2D eigenvalue weighted by molar-refractivity contribution is 5.79. The number of para-hydroxylation sites is 2. The highest BCUT2D eigenvalue weighted by atomic mass is 19.3. The molecule has 0 radical (unpaired) electrons. The van der Waals surface area contributed by atoms with Gasteiger partial charge in [0.25, 0.3) is 6.43 Å². The average molecular weight is 607 g/mol. The third kappa shape index (κ3) is 6.75. The Kier molecular flexibility index (Phi) is 9.15. The number of aromatic nitrogens is 4. The molecule has 12 heteroatoms. The Morgan fingerprint density at radius 1 is 1.02 bits per heavy atom. The number of amides is 1. The standard InChI is InChI=1S/C32H36F2N6O4/c1-42-23-10-6-21(7-11-23)14-15-35-31(41)22-8-12-24(13-9-22)44-28-20-27(37-32(38-28)39-16-18-43-19-17-39)40-26-5-3-2-4-25(26)36-30(40)29(33)34/h2-7,10-11,20,22,24,29H,8-9,12-19H2,1H3,(H,35,41)/t22-,24-. The predicted molar refractivity (Wildman–Crippen MR) is 161 cm³/mol. The molecule has 2 fully saturated rings. The van der Waals surface area contributed by atoms with Crippen LogP contribution in [0.1, 0.15) is 43.5 Å². The number of alkyl halides is 2. The van der Waals surface area contributed by atoms with Gasteiger partial charge in [-0.25, -0.2) is 13.8 Å². The summed E-state index contributed by atoms with van der Waals surface area (Å²) in [5.74, 6) is 1.36. The van der Waals surface area contributed by atoms with Gasteiger partial charge in [0.05, 0.1) is 31.4 Å². The average Bonchev–Trinajstić information content (AvgIpc) is 3.46. The number of carbonyl (C=O) groups is 1. The lowest BCUT2D eigenvalue weighted by Gasteiger charge is -2.29. The number of hydrogen-bond acceptors (Lipinski definition) is 8. The lowest BCUT2D eigenvalue weighted by atomic mass is 9.86. The summed E-state index contributed by atoms with van der Waals surface area (Å²) in [5, 5.41) is 3.07. The number of ether oxygens (including phenoxy) is 3. The molecule has 2 aromatic carbocycles. The smallest absolute Gasteiger partial charge is 0.296 e. The molecule has 44 heavy (non-hydrogen) atoms. The number of methoxy groups -OCH3 is 1. The van der Waals surface area contributed by atoms with Crippen molar-refractivity contribution in [2.75, 3.05) is 44.9 Å². The van der Waals surface area contributed by atoms with Gasteiger partial charge in [-0.15, -0.1) is 0 Å². The van der Waals surface area contributed by atoms with Crippen LogP contribution in [0.3, 0.4) is 0 Å². The zero-order valence-electron chi connectivity index (χ0n) is 24.6. The normalized spacial score (nSPS) is 18.9. The number of rotatable bonds is 10. The number of halogens is 2. The van der Waals surface area contributed by atoms with Gasteiger partial charge in [-0.3, -0.25) is 9.36 Å². The number of carbonyl (C=O) groups excluding carboxylic acids is 1. The molecule has 2 aliphatic rings. The largest absolute Gasteiger partial charge is 0.497 e. The number of morpholine rings is 1. The van der Waals surface area contributed by atoms with Crippen LogP contribution in [0, 0.1) is 5.92 Å². The minimum Gasteiger partial charge on any atom is -0.497 e. The van der Waals surface area contributed by atoms with Crippen molar-refractivity contribution in [2.45, 2.75) is 44.6 Å². The molecule has 1 saturated carbocycles. The van der Waals surface area contributed by atoms with Crippen molar-refractivity contribution in [1.82, 2.24) is 24.8 Å². The minimum atomic E-state index is -2.80. The number of anilines is 1. The van der Waals surface area contributed by atoms with E-state index in [2.05, 4.69) is 20.3 Å². The van der Waals surface area contributed by atoms with Gasteiger partial charge in [-0.1, -0.05) is 24.3 Å². The number of nitrogens with zero attached hydrogens (tertiary/aromatic N) is 5. The fraction of sp³-hybridized carbons (Fsp3) is 0.438. The molecule has 0 spiro atoms. The van der Waals surface area contributed by atoms with E-state index in [-0.39, 0.29) is 29.6 Å². The van der Waals surface area contributed by atoms with E-state index in [0.717, 1.165) is 17.7 Å². The van der Waals surface area contributed by atoms with Gasteiger partial charge in [-0.05, 0) is 61.9 Å². The highest BCUT2D eigenvalue weighted by Gasteiger charge is 2.29. The van der Waals surface area contributed by atoms with E-state index in [0.29, 0.717) is 81.4 Å². The van der Waals surface area contributed by atoms with Crippen LogP contribution in [0.5, 0.6) is 11.6 Å². The van der Waals surface area contributed by atoms with E-state index < -0.39 is 6.43 Å². The van der Waals surface area contributed by atoms with Crippen molar-refractivity contribution < 1.29 is 27.8 Å². The van der Waals surface area contributed by atoms with Crippen molar-refractivity contribution in [1.29, 1.82) is 0 Å². The summed E-state index contributed by atoms with van der Waals surface area (Å²) >= 11 is 0. The molecular formula is C32H36F2N6O4. The Morgan fingerprint density at radius 3 is 2.50 bits per heavy atom. The fourth-order valence-electron chi connectivity index (χ4n) is 5.79. The van der Waals surface area contributed by atoms with Gasteiger partial charge in [0.1, 0.15) is 17.7 Å². The van der Waals surface area contributed by atoms with Crippen molar-refractivity contribution >= 4 is 22.9 Å². The molecule has 4 aromatic rings. The van der Waals surface area contributed by atoms with E-state index in [1.807, 2.05) is 29.2 Å². The topological polar surface area (TPSA) is 104 Å². The number of fused-ring (bicyclic) bond motifs is 1. The Morgan fingerprint density at radius 2 is 1.77 bits per heavy atom. The van der Waals surface area contributed by atoms with Crippen LogP contribution < -0.4 is 19.7 Å². The summed E-state index contributed by atoms with van der Waals surface area (Å²) in [5.41, 5.74) is 2.12. The molecular weight excluding hydrogens is 570 g/mol. The molecule has 232 valence electrons. The minimum absolute atomic E-state index is 0.0578. The van der Waals surface area contributed by atoms with Gasteiger partial charge in [-0.2, -0.15) is 9.97 Å². The third-order valence-corrected chi connectivity index (χ3v) is 8.19. The second-order valence-electron chi connectivity index (χ2n) is 11.0. The van der Waals surface area contributed by atoms with E-state index in [4.69, 9.17) is 14.2 Å². The first-order valence-electron chi connectivity index (χ1n) is 15.0. The summed E-state index contributed by atoms with van der Waals surface area (Å²) in [6.07, 6.45) is 0.524. The molecule has 1 amide bonds. The molecule has 0 atom stereocenters. The van der Waals surface area contributed by atoms with Gasteiger partial charge >= 0.3 is 0 Å². The van der Waals surface area contributed by atoms with Gasteiger partial charge in [0.2, 0.25) is 17.7 Å². The Bertz CT molecular complexity index is 1570. The molecule has 1 saturated heterocycles. The maximum atomic E-state index is 14.2. The third-order valence-electron chi connectivity index (χ3n) is 8.19. The number of nitrogens with one attached hydrogen (secondary N) is 1. The first-order valence-corrected chi connectivity index (χ1v) is 15.0. The molecule has 0 bridgehead atoms. The van der Waals surface area contributed by atoms with Crippen LogP contribution >= 0.6 is 0 Å². The van der Waals surface area contributed by atoms with Crippen LogP contribution in [-0.2, 0) is 16.0 Å². The number of imidazole rings is 1. The zero-order chi connectivity index (χ0) is 30.5. The Labute approximate surface area is 254 Å². The lowest BCUT2D eigenvalue weighted by Crippen LogP contribution is -2.38. The molecule has 3 heterocycles. The Hall–Kier alpha value is -4.32. The molecule has 0 unspecified atom stereocenters. The fourth-order valence-corrected chi connectivity index (χ4v) is 5.79. The van der Waals surface area contributed by atoms with Crippen molar-refractivity contribution in [3.8, 4) is 17.4 Å². The first-order chi connectivity index (χ1) is 21.5.